The van der Waals surface area contributed by atoms with Crippen LogP contribution in [0.4, 0.5) is 0 Å². The summed E-state index contributed by atoms with van der Waals surface area (Å²) >= 11 is 0. The molecule has 0 saturated heterocycles. The number of hydrogen-bond donors (Lipinski definition) is 1. The third-order valence-corrected chi connectivity index (χ3v) is 5.19. The van der Waals surface area contributed by atoms with E-state index in [9.17, 15) is 4.79 Å². The van der Waals surface area contributed by atoms with Crippen molar-refractivity contribution in [2.45, 2.75) is 33.4 Å². The molecule has 2 aromatic heterocycles. The molecular formula is C21H22N4O. The average molecular weight is 346 g/mol. The van der Waals surface area contributed by atoms with Crippen molar-refractivity contribution in [3.05, 3.63) is 81.0 Å². The Labute approximate surface area is 152 Å². The van der Waals surface area contributed by atoms with Gasteiger partial charge in [0.15, 0.2) is 0 Å². The Balaban J connectivity index is 1.60. The number of aromatic amines is 1. The molecule has 4 rings (SSSR count). The maximum atomic E-state index is 12.6. The molecule has 1 aromatic carbocycles. The molecule has 5 nitrogen and oxygen atoms in total. The Bertz CT molecular complexity index is 995. The third-order valence-electron chi connectivity index (χ3n) is 5.19. The highest BCUT2D eigenvalue weighted by molar-refractivity contribution is 5.53. The fourth-order valence-electron chi connectivity index (χ4n) is 3.48. The van der Waals surface area contributed by atoms with Gasteiger partial charge in [0, 0.05) is 44.0 Å². The summed E-state index contributed by atoms with van der Waals surface area (Å²) < 4.78 is 0. The van der Waals surface area contributed by atoms with Crippen molar-refractivity contribution in [1.82, 2.24) is 19.9 Å². The normalized spacial score (nSPS) is 14.2. The second kappa shape index (κ2) is 6.84. The molecule has 1 aliphatic rings. The number of aromatic nitrogens is 3. The predicted octanol–water partition coefficient (Wildman–Crippen LogP) is 3.01. The number of nitrogens with zero attached hydrogens (tertiary/aromatic N) is 3. The summed E-state index contributed by atoms with van der Waals surface area (Å²) in [7, 11) is 0. The van der Waals surface area contributed by atoms with Crippen LogP contribution >= 0.6 is 0 Å². The quantitative estimate of drug-likeness (QED) is 0.792. The largest absolute Gasteiger partial charge is 0.306 e. The second-order valence-corrected chi connectivity index (χ2v) is 6.90. The minimum atomic E-state index is -0.0421. The van der Waals surface area contributed by atoms with E-state index in [1.165, 1.54) is 16.7 Å². The molecule has 0 amide bonds. The van der Waals surface area contributed by atoms with Crippen LogP contribution in [0.15, 0.2) is 47.5 Å². The van der Waals surface area contributed by atoms with Crippen molar-refractivity contribution in [2.75, 3.05) is 6.54 Å². The van der Waals surface area contributed by atoms with Gasteiger partial charge < -0.3 is 4.98 Å². The molecule has 3 heterocycles. The first-order valence-electron chi connectivity index (χ1n) is 8.92. The summed E-state index contributed by atoms with van der Waals surface area (Å²) in [6.45, 7) is 6.70. The molecule has 3 aromatic rings. The minimum Gasteiger partial charge on any atom is -0.306 e. The van der Waals surface area contributed by atoms with Crippen LogP contribution in [-0.2, 0) is 19.5 Å². The van der Waals surface area contributed by atoms with Crippen molar-refractivity contribution >= 4 is 0 Å². The van der Waals surface area contributed by atoms with Gasteiger partial charge >= 0.3 is 0 Å². The van der Waals surface area contributed by atoms with Crippen molar-refractivity contribution in [3.8, 4) is 11.4 Å². The first-order chi connectivity index (χ1) is 12.6. The maximum Gasteiger partial charge on any atom is 0.255 e. The van der Waals surface area contributed by atoms with Gasteiger partial charge in [0.25, 0.3) is 5.56 Å². The molecule has 0 atom stereocenters. The zero-order valence-electron chi connectivity index (χ0n) is 15.1. The number of hydrogen-bond acceptors (Lipinski definition) is 4. The molecular weight excluding hydrogens is 324 g/mol. The molecule has 0 radical (unpaired) electrons. The van der Waals surface area contributed by atoms with E-state index in [0.717, 1.165) is 36.3 Å². The predicted molar refractivity (Wildman–Crippen MR) is 102 cm³/mol. The second-order valence-electron chi connectivity index (χ2n) is 6.90. The van der Waals surface area contributed by atoms with Crippen molar-refractivity contribution in [3.63, 3.8) is 0 Å². The summed E-state index contributed by atoms with van der Waals surface area (Å²) in [6, 6.07) is 10.2. The van der Waals surface area contributed by atoms with E-state index in [2.05, 4.69) is 46.9 Å². The first kappa shape index (κ1) is 16.7. The number of fused-ring (bicyclic) bond motifs is 1. The highest BCUT2D eigenvalue weighted by Crippen LogP contribution is 2.21. The van der Waals surface area contributed by atoms with Crippen LogP contribution in [0.3, 0.4) is 0 Å². The average Bonchev–Trinajstić information content (AvgIpc) is 2.66. The topological polar surface area (TPSA) is 61.9 Å². The fourth-order valence-corrected chi connectivity index (χ4v) is 3.48. The van der Waals surface area contributed by atoms with E-state index >= 15 is 0 Å². The summed E-state index contributed by atoms with van der Waals surface area (Å²) in [4.78, 5) is 26.7. The minimum absolute atomic E-state index is 0.0421. The monoisotopic (exact) mass is 346 g/mol. The summed E-state index contributed by atoms with van der Waals surface area (Å²) in [5.41, 5.74) is 6.45. The van der Waals surface area contributed by atoms with Crippen LogP contribution in [0.2, 0.25) is 0 Å². The van der Waals surface area contributed by atoms with E-state index in [4.69, 9.17) is 4.98 Å². The zero-order valence-corrected chi connectivity index (χ0v) is 15.1. The van der Waals surface area contributed by atoms with Crippen LogP contribution in [0, 0.1) is 13.8 Å². The first-order valence-corrected chi connectivity index (χ1v) is 8.92. The fraction of sp³-hybridized carbons (Fsp3) is 0.286. The van der Waals surface area contributed by atoms with Gasteiger partial charge in [0.1, 0.15) is 5.82 Å². The Morgan fingerprint density at radius 3 is 2.88 bits per heavy atom. The van der Waals surface area contributed by atoms with Gasteiger partial charge in [-0.15, -0.1) is 0 Å². The lowest BCUT2D eigenvalue weighted by atomic mass is 10.0. The zero-order chi connectivity index (χ0) is 18.1. The smallest absolute Gasteiger partial charge is 0.255 e. The lowest BCUT2D eigenvalue weighted by Crippen LogP contribution is -2.35. The Kier molecular flexibility index (Phi) is 4.39. The molecule has 0 aliphatic carbocycles. The molecule has 0 spiro atoms. The number of aryl methyl sites for hydroxylation is 1. The molecule has 0 unspecified atom stereocenters. The summed E-state index contributed by atoms with van der Waals surface area (Å²) in [5.74, 6) is 0.602. The van der Waals surface area contributed by atoms with Gasteiger partial charge in [-0.25, -0.2) is 4.98 Å². The maximum absolute atomic E-state index is 12.6. The van der Waals surface area contributed by atoms with Crippen LogP contribution in [0.5, 0.6) is 0 Å². The van der Waals surface area contributed by atoms with Gasteiger partial charge in [-0.3, -0.25) is 14.7 Å². The molecule has 1 N–H and O–H groups in total. The molecule has 5 heteroatoms. The van der Waals surface area contributed by atoms with Gasteiger partial charge in [-0.2, -0.15) is 0 Å². The Morgan fingerprint density at radius 2 is 2.08 bits per heavy atom. The third kappa shape index (κ3) is 3.18. The van der Waals surface area contributed by atoms with Gasteiger partial charge in [0.2, 0.25) is 0 Å². The van der Waals surface area contributed by atoms with Crippen LogP contribution in [0.1, 0.15) is 27.9 Å². The van der Waals surface area contributed by atoms with Crippen molar-refractivity contribution in [1.29, 1.82) is 0 Å². The van der Waals surface area contributed by atoms with Gasteiger partial charge in [-0.1, -0.05) is 18.2 Å². The van der Waals surface area contributed by atoms with E-state index in [0.29, 0.717) is 12.4 Å². The van der Waals surface area contributed by atoms with Crippen molar-refractivity contribution in [2.24, 2.45) is 0 Å². The molecule has 26 heavy (non-hydrogen) atoms. The number of benzene rings is 1. The van der Waals surface area contributed by atoms with Crippen molar-refractivity contribution < 1.29 is 0 Å². The number of nitrogens with one attached hydrogen (secondary N) is 1. The van der Waals surface area contributed by atoms with E-state index in [1.54, 1.807) is 12.4 Å². The highest BCUT2D eigenvalue weighted by atomic mass is 16.1. The van der Waals surface area contributed by atoms with E-state index < -0.39 is 0 Å². The SMILES string of the molecule is Cc1cccc(CN2CCc3nc(-c4cccnc4)[nH]c(=O)c3C2)c1C. The van der Waals surface area contributed by atoms with Crippen LogP contribution in [0.25, 0.3) is 11.4 Å². The van der Waals surface area contributed by atoms with E-state index in [-0.39, 0.29) is 5.56 Å². The van der Waals surface area contributed by atoms with Crippen LogP contribution < -0.4 is 5.56 Å². The number of pyridine rings is 1. The number of rotatable bonds is 3. The van der Waals surface area contributed by atoms with Gasteiger partial charge in [-0.05, 0) is 42.7 Å². The van der Waals surface area contributed by atoms with Crippen LogP contribution in [-0.4, -0.2) is 26.4 Å². The molecule has 132 valence electrons. The molecule has 1 aliphatic heterocycles. The lowest BCUT2D eigenvalue weighted by Gasteiger charge is -2.28. The van der Waals surface area contributed by atoms with Gasteiger partial charge in [0.05, 0.1) is 11.3 Å². The lowest BCUT2D eigenvalue weighted by molar-refractivity contribution is 0.241. The molecule has 0 bridgehead atoms. The summed E-state index contributed by atoms with van der Waals surface area (Å²) in [6.07, 6.45) is 4.23. The highest BCUT2D eigenvalue weighted by Gasteiger charge is 2.22. The summed E-state index contributed by atoms with van der Waals surface area (Å²) in [5, 5.41) is 0. The molecule has 0 fully saturated rings. The standard InChI is InChI=1S/C21H22N4O/c1-14-5-3-6-17(15(14)2)12-25-10-8-19-18(13-25)21(26)24-20(23-19)16-7-4-9-22-11-16/h3-7,9,11H,8,10,12-13H2,1-2H3,(H,23,24,26). The Morgan fingerprint density at radius 1 is 1.19 bits per heavy atom. The molecule has 0 saturated carbocycles. The van der Waals surface area contributed by atoms with E-state index in [1.807, 2.05) is 12.1 Å². The Hall–Kier alpha value is -2.79. The number of H-pyrrole nitrogens is 1.